The Kier molecular flexibility index (Phi) is 3.90. The summed E-state index contributed by atoms with van der Waals surface area (Å²) in [5, 5.41) is 9.47. The maximum atomic E-state index is 12.4. The maximum absolute atomic E-state index is 12.4. The predicted molar refractivity (Wildman–Crippen MR) is 71.7 cm³/mol. The zero-order valence-corrected chi connectivity index (χ0v) is 10.3. The van der Waals surface area contributed by atoms with Crippen LogP contribution in [0, 0.1) is 0 Å². The molecule has 0 amide bonds. The van der Waals surface area contributed by atoms with E-state index in [1.54, 1.807) is 6.92 Å². The normalized spacial score (nSPS) is 12.1. The van der Waals surface area contributed by atoms with Crippen LogP contribution >= 0.6 is 0 Å². The van der Waals surface area contributed by atoms with Crippen LogP contribution in [0.3, 0.4) is 0 Å². The zero-order valence-electron chi connectivity index (χ0n) is 10.3. The molecule has 0 radical (unpaired) electrons. The van der Waals surface area contributed by atoms with Gasteiger partial charge in [0.25, 0.3) is 0 Å². The quantitative estimate of drug-likeness (QED) is 0.834. The van der Waals surface area contributed by atoms with E-state index in [0.717, 1.165) is 5.56 Å². The Morgan fingerprint density at radius 1 is 1.06 bits per heavy atom. The van der Waals surface area contributed by atoms with Crippen LogP contribution in [0.1, 0.15) is 28.4 Å². The van der Waals surface area contributed by atoms with Crippen molar-refractivity contribution in [3.8, 4) is 0 Å². The number of hydrogen-bond donors (Lipinski definition) is 1. The summed E-state index contributed by atoms with van der Waals surface area (Å²) in [6.07, 6.45) is 0.0455. The standard InChI is InChI=1S/C16H16O2/c1-12(17)11-14-9-5-6-10-15(14)16(18)13-7-3-2-4-8-13/h2-10,12,17H,11H2,1H3. The minimum absolute atomic E-state index is 0.00634. The van der Waals surface area contributed by atoms with Crippen LogP contribution < -0.4 is 0 Å². The molecule has 0 saturated carbocycles. The number of carbonyl (C=O) groups excluding carboxylic acids is 1. The van der Waals surface area contributed by atoms with E-state index in [1.165, 1.54) is 0 Å². The van der Waals surface area contributed by atoms with Crippen molar-refractivity contribution in [3.63, 3.8) is 0 Å². The highest BCUT2D eigenvalue weighted by Gasteiger charge is 2.13. The molecule has 0 aromatic heterocycles. The van der Waals surface area contributed by atoms with Crippen molar-refractivity contribution in [1.29, 1.82) is 0 Å². The van der Waals surface area contributed by atoms with Crippen molar-refractivity contribution < 1.29 is 9.90 Å². The fourth-order valence-corrected chi connectivity index (χ4v) is 1.98. The van der Waals surface area contributed by atoms with E-state index in [-0.39, 0.29) is 5.78 Å². The molecule has 2 heteroatoms. The van der Waals surface area contributed by atoms with Gasteiger partial charge in [-0.25, -0.2) is 0 Å². The van der Waals surface area contributed by atoms with Crippen LogP contribution in [0.15, 0.2) is 54.6 Å². The first kappa shape index (κ1) is 12.5. The van der Waals surface area contributed by atoms with Gasteiger partial charge in [0.1, 0.15) is 0 Å². The third-order valence-electron chi connectivity index (χ3n) is 2.81. The van der Waals surface area contributed by atoms with E-state index in [1.807, 2.05) is 54.6 Å². The third kappa shape index (κ3) is 2.84. The smallest absolute Gasteiger partial charge is 0.193 e. The molecular formula is C16H16O2. The Bertz CT molecular complexity index is 530. The topological polar surface area (TPSA) is 37.3 Å². The number of hydrogen-bond acceptors (Lipinski definition) is 2. The van der Waals surface area contributed by atoms with Crippen LogP contribution in [0.2, 0.25) is 0 Å². The Morgan fingerprint density at radius 2 is 1.67 bits per heavy atom. The molecule has 0 heterocycles. The molecule has 0 aliphatic rings. The van der Waals surface area contributed by atoms with E-state index in [2.05, 4.69) is 0 Å². The molecule has 1 N–H and O–H groups in total. The molecule has 92 valence electrons. The third-order valence-corrected chi connectivity index (χ3v) is 2.81. The van der Waals surface area contributed by atoms with Gasteiger partial charge in [0, 0.05) is 11.1 Å². The van der Waals surface area contributed by atoms with Gasteiger partial charge in [0.2, 0.25) is 0 Å². The summed E-state index contributed by atoms with van der Waals surface area (Å²) in [4.78, 5) is 12.4. The second-order valence-electron chi connectivity index (χ2n) is 4.41. The Hall–Kier alpha value is -1.93. The number of rotatable bonds is 4. The fraction of sp³-hybridized carbons (Fsp3) is 0.188. The first-order valence-corrected chi connectivity index (χ1v) is 6.04. The van der Waals surface area contributed by atoms with Gasteiger partial charge in [-0.2, -0.15) is 0 Å². The zero-order chi connectivity index (χ0) is 13.0. The first-order chi connectivity index (χ1) is 8.68. The SMILES string of the molecule is CC(O)Cc1ccccc1C(=O)c1ccccc1. The van der Waals surface area contributed by atoms with Crippen molar-refractivity contribution in [2.75, 3.05) is 0 Å². The van der Waals surface area contributed by atoms with Crippen LogP contribution in [-0.4, -0.2) is 17.0 Å². The van der Waals surface area contributed by atoms with E-state index < -0.39 is 6.10 Å². The average Bonchev–Trinajstić information content (AvgIpc) is 2.39. The van der Waals surface area contributed by atoms with E-state index >= 15 is 0 Å². The largest absolute Gasteiger partial charge is 0.393 e. The van der Waals surface area contributed by atoms with Crippen LogP contribution in [-0.2, 0) is 6.42 Å². The summed E-state index contributed by atoms with van der Waals surface area (Å²) >= 11 is 0. The molecule has 2 aromatic rings. The van der Waals surface area contributed by atoms with Crippen LogP contribution in [0.5, 0.6) is 0 Å². The lowest BCUT2D eigenvalue weighted by Crippen LogP contribution is -2.10. The fourth-order valence-electron chi connectivity index (χ4n) is 1.98. The highest BCUT2D eigenvalue weighted by molar-refractivity contribution is 6.09. The molecule has 0 aliphatic heterocycles. The minimum Gasteiger partial charge on any atom is -0.393 e. The number of carbonyl (C=O) groups is 1. The monoisotopic (exact) mass is 240 g/mol. The first-order valence-electron chi connectivity index (χ1n) is 6.04. The Balaban J connectivity index is 2.36. The highest BCUT2D eigenvalue weighted by Crippen LogP contribution is 2.16. The average molecular weight is 240 g/mol. The molecule has 2 rings (SSSR count). The number of aliphatic hydroxyl groups excluding tert-OH is 1. The molecule has 0 saturated heterocycles. The molecule has 0 spiro atoms. The van der Waals surface area contributed by atoms with Crippen molar-refractivity contribution in [1.82, 2.24) is 0 Å². The minimum atomic E-state index is -0.449. The van der Waals surface area contributed by atoms with Crippen LogP contribution in [0.25, 0.3) is 0 Å². The molecule has 1 atom stereocenters. The van der Waals surface area contributed by atoms with Crippen molar-refractivity contribution >= 4 is 5.78 Å². The van der Waals surface area contributed by atoms with E-state index in [4.69, 9.17) is 0 Å². The van der Waals surface area contributed by atoms with Crippen LogP contribution in [0.4, 0.5) is 0 Å². The van der Waals surface area contributed by atoms with Gasteiger partial charge < -0.3 is 5.11 Å². The summed E-state index contributed by atoms with van der Waals surface area (Å²) in [5.74, 6) is 0.00634. The van der Waals surface area contributed by atoms with Crippen molar-refractivity contribution in [2.45, 2.75) is 19.4 Å². The van der Waals surface area contributed by atoms with E-state index in [0.29, 0.717) is 17.5 Å². The second kappa shape index (κ2) is 5.61. The lowest BCUT2D eigenvalue weighted by molar-refractivity contribution is 0.103. The molecule has 0 fully saturated rings. The molecule has 2 aromatic carbocycles. The van der Waals surface area contributed by atoms with E-state index in [9.17, 15) is 9.90 Å². The summed E-state index contributed by atoms with van der Waals surface area (Å²) in [6, 6.07) is 16.6. The van der Waals surface area contributed by atoms with Gasteiger partial charge in [0.15, 0.2) is 5.78 Å². The summed E-state index contributed by atoms with van der Waals surface area (Å²) in [5.41, 5.74) is 2.24. The molecular weight excluding hydrogens is 224 g/mol. The lowest BCUT2D eigenvalue weighted by atomic mass is 9.95. The molecule has 2 nitrogen and oxygen atoms in total. The van der Waals surface area contributed by atoms with Gasteiger partial charge in [-0.1, -0.05) is 54.6 Å². The van der Waals surface area contributed by atoms with Crippen molar-refractivity contribution in [3.05, 3.63) is 71.3 Å². The van der Waals surface area contributed by atoms with Gasteiger partial charge in [0.05, 0.1) is 6.10 Å². The van der Waals surface area contributed by atoms with Gasteiger partial charge >= 0.3 is 0 Å². The summed E-state index contributed by atoms with van der Waals surface area (Å²) in [6.45, 7) is 1.73. The number of benzene rings is 2. The van der Waals surface area contributed by atoms with Gasteiger partial charge in [-0.15, -0.1) is 0 Å². The molecule has 0 bridgehead atoms. The van der Waals surface area contributed by atoms with Gasteiger partial charge in [-0.3, -0.25) is 4.79 Å². The Morgan fingerprint density at radius 3 is 2.33 bits per heavy atom. The number of ketones is 1. The summed E-state index contributed by atoms with van der Waals surface area (Å²) < 4.78 is 0. The molecule has 1 unspecified atom stereocenters. The molecule has 0 aliphatic carbocycles. The highest BCUT2D eigenvalue weighted by atomic mass is 16.3. The number of aliphatic hydroxyl groups is 1. The second-order valence-corrected chi connectivity index (χ2v) is 4.41. The maximum Gasteiger partial charge on any atom is 0.193 e. The molecule has 18 heavy (non-hydrogen) atoms. The summed E-state index contributed by atoms with van der Waals surface area (Å²) in [7, 11) is 0. The Labute approximate surface area is 107 Å². The van der Waals surface area contributed by atoms with Gasteiger partial charge in [-0.05, 0) is 18.9 Å². The van der Waals surface area contributed by atoms with Crippen molar-refractivity contribution in [2.24, 2.45) is 0 Å². The lowest BCUT2D eigenvalue weighted by Gasteiger charge is -2.10. The predicted octanol–water partition coefficient (Wildman–Crippen LogP) is 2.84.